The molecule has 0 aliphatic rings. The van der Waals surface area contributed by atoms with Gasteiger partial charge in [0.1, 0.15) is 0 Å². The normalized spacial score (nSPS) is 11.9. The van der Waals surface area contributed by atoms with Crippen LogP contribution < -0.4 is 5.32 Å². The Bertz CT molecular complexity index is 630. The SMILES string of the molecule is Cc1ccc(Nc2nnc(SC[C@@H](C)C#N)s2)c(C)c1. The van der Waals surface area contributed by atoms with Crippen LogP contribution in [-0.2, 0) is 0 Å². The highest BCUT2D eigenvalue weighted by molar-refractivity contribution is 8.01. The Kier molecular flexibility index (Phi) is 4.99. The fraction of sp³-hybridized carbons (Fsp3) is 0.357. The van der Waals surface area contributed by atoms with Gasteiger partial charge in [-0.2, -0.15) is 5.26 Å². The maximum atomic E-state index is 8.76. The number of nitrogens with one attached hydrogen (secondary N) is 1. The highest BCUT2D eigenvalue weighted by Gasteiger charge is 2.08. The molecule has 1 aromatic heterocycles. The van der Waals surface area contributed by atoms with Crippen LogP contribution in [0.25, 0.3) is 0 Å². The first-order chi connectivity index (χ1) is 9.58. The van der Waals surface area contributed by atoms with Crippen LogP contribution in [0.5, 0.6) is 0 Å². The second-order valence-corrected chi connectivity index (χ2v) is 6.90. The van der Waals surface area contributed by atoms with Gasteiger partial charge in [0.15, 0.2) is 4.34 Å². The Balaban J connectivity index is 2.01. The highest BCUT2D eigenvalue weighted by Crippen LogP contribution is 2.29. The topological polar surface area (TPSA) is 61.6 Å². The Morgan fingerprint density at radius 3 is 2.90 bits per heavy atom. The van der Waals surface area contributed by atoms with Gasteiger partial charge in [0.05, 0.1) is 12.0 Å². The first-order valence-electron chi connectivity index (χ1n) is 6.28. The van der Waals surface area contributed by atoms with Crippen molar-refractivity contribution >= 4 is 33.9 Å². The second kappa shape index (κ2) is 6.73. The second-order valence-electron chi connectivity index (χ2n) is 4.66. The molecule has 0 bridgehead atoms. The van der Waals surface area contributed by atoms with E-state index in [1.54, 1.807) is 11.8 Å². The predicted octanol–water partition coefficient (Wildman–Crippen LogP) is 4.15. The van der Waals surface area contributed by atoms with Crippen molar-refractivity contribution < 1.29 is 0 Å². The third-order valence-corrected chi connectivity index (χ3v) is 4.94. The Labute approximate surface area is 127 Å². The van der Waals surface area contributed by atoms with Crippen molar-refractivity contribution in [3.05, 3.63) is 29.3 Å². The lowest BCUT2D eigenvalue weighted by molar-refractivity contribution is 0.862. The number of anilines is 2. The molecule has 0 spiro atoms. The lowest BCUT2D eigenvalue weighted by Gasteiger charge is -2.06. The molecule has 0 aliphatic heterocycles. The van der Waals surface area contributed by atoms with Crippen LogP contribution in [0.3, 0.4) is 0 Å². The van der Waals surface area contributed by atoms with E-state index in [-0.39, 0.29) is 5.92 Å². The number of rotatable bonds is 5. The minimum absolute atomic E-state index is 0.0275. The van der Waals surface area contributed by atoms with E-state index in [4.69, 9.17) is 5.26 Å². The summed E-state index contributed by atoms with van der Waals surface area (Å²) in [6, 6.07) is 8.47. The molecule has 0 radical (unpaired) electrons. The molecule has 104 valence electrons. The summed E-state index contributed by atoms with van der Waals surface area (Å²) in [6.07, 6.45) is 0. The van der Waals surface area contributed by atoms with Crippen molar-refractivity contribution in [1.29, 1.82) is 5.26 Å². The van der Waals surface area contributed by atoms with Gasteiger partial charge in [0.2, 0.25) is 5.13 Å². The summed E-state index contributed by atoms with van der Waals surface area (Å²) in [5.74, 6) is 0.772. The van der Waals surface area contributed by atoms with Gasteiger partial charge in [-0.1, -0.05) is 40.8 Å². The average Bonchev–Trinajstić information content (AvgIpc) is 2.87. The molecule has 20 heavy (non-hydrogen) atoms. The molecular weight excluding hydrogens is 288 g/mol. The van der Waals surface area contributed by atoms with Gasteiger partial charge in [0.25, 0.3) is 0 Å². The Morgan fingerprint density at radius 2 is 2.20 bits per heavy atom. The highest BCUT2D eigenvalue weighted by atomic mass is 32.2. The minimum atomic E-state index is 0.0275. The van der Waals surface area contributed by atoms with E-state index in [9.17, 15) is 0 Å². The lowest BCUT2D eigenvalue weighted by Crippen LogP contribution is -1.92. The zero-order valence-corrected chi connectivity index (χ0v) is 13.3. The molecule has 0 aliphatic carbocycles. The van der Waals surface area contributed by atoms with E-state index in [2.05, 4.69) is 53.6 Å². The fourth-order valence-corrected chi connectivity index (χ4v) is 3.35. The van der Waals surface area contributed by atoms with Crippen molar-refractivity contribution in [2.75, 3.05) is 11.1 Å². The van der Waals surface area contributed by atoms with Crippen molar-refractivity contribution in [3.8, 4) is 6.07 Å². The predicted molar refractivity (Wildman–Crippen MR) is 84.6 cm³/mol. The van der Waals surface area contributed by atoms with Crippen molar-refractivity contribution in [1.82, 2.24) is 10.2 Å². The van der Waals surface area contributed by atoms with E-state index in [0.29, 0.717) is 0 Å². The number of hydrogen-bond donors (Lipinski definition) is 1. The van der Waals surface area contributed by atoms with Crippen molar-refractivity contribution in [2.45, 2.75) is 25.1 Å². The molecule has 0 unspecified atom stereocenters. The van der Waals surface area contributed by atoms with E-state index in [1.807, 2.05) is 6.92 Å². The number of thioether (sulfide) groups is 1. The van der Waals surface area contributed by atoms with Gasteiger partial charge in [-0.3, -0.25) is 0 Å². The minimum Gasteiger partial charge on any atom is -0.330 e. The maximum Gasteiger partial charge on any atom is 0.210 e. The van der Waals surface area contributed by atoms with Gasteiger partial charge in [-0.05, 0) is 32.4 Å². The molecule has 1 atom stereocenters. The van der Waals surface area contributed by atoms with Gasteiger partial charge in [-0.25, -0.2) is 0 Å². The molecule has 4 nitrogen and oxygen atoms in total. The number of nitrogens with zero attached hydrogens (tertiary/aromatic N) is 3. The van der Waals surface area contributed by atoms with Gasteiger partial charge < -0.3 is 5.32 Å². The number of aryl methyl sites for hydroxylation is 2. The van der Waals surface area contributed by atoms with E-state index in [1.165, 1.54) is 22.5 Å². The van der Waals surface area contributed by atoms with Crippen molar-refractivity contribution in [2.24, 2.45) is 5.92 Å². The molecular formula is C14H16N4S2. The summed E-state index contributed by atoms with van der Waals surface area (Å²) in [5, 5.41) is 21.1. The summed E-state index contributed by atoms with van der Waals surface area (Å²) in [6.45, 7) is 6.05. The average molecular weight is 304 g/mol. The quantitative estimate of drug-likeness (QED) is 0.841. The van der Waals surface area contributed by atoms with E-state index < -0.39 is 0 Å². The number of hydrogen-bond acceptors (Lipinski definition) is 6. The number of aromatic nitrogens is 2. The van der Waals surface area contributed by atoms with Crippen LogP contribution in [0.4, 0.5) is 10.8 Å². The standard InChI is InChI=1S/C14H16N4S2/c1-9-4-5-12(11(3)6-9)16-13-17-18-14(20-13)19-8-10(2)7-15/h4-6,10H,8H2,1-3H3,(H,16,17)/t10-/m0/s1. The van der Waals surface area contributed by atoms with Crippen LogP contribution in [-0.4, -0.2) is 16.0 Å². The molecule has 1 aromatic carbocycles. The van der Waals surface area contributed by atoms with Gasteiger partial charge in [0, 0.05) is 11.4 Å². The van der Waals surface area contributed by atoms with Crippen molar-refractivity contribution in [3.63, 3.8) is 0 Å². The molecule has 0 amide bonds. The fourth-order valence-electron chi connectivity index (χ4n) is 1.62. The number of nitriles is 1. The molecule has 0 saturated heterocycles. The summed E-state index contributed by atoms with van der Waals surface area (Å²) in [7, 11) is 0. The first kappa shape index (κ1) is 14.8. The molecule has 1 heterocycles. The molecule has 6 heteroatoms. The summed E-state index contributed by atoms with van der Waals surface area (Å²) in [4.78, 5) is 0. The molecule has 2 aromatic rings. The summed E-state index contributed by atoms with van der Waals surface area (Å²) < 4.78 is 0.888. The third-order valence-electron chi connectivity index (χ3n) is 2.71. The van der Waals surface area contributed by atoms with Gasteiger partial charge >= 0.3 is 0 Å². The maximum absolute atomic E-state index is 8.76. The van der Waals surface area contributed by atoms with Crippen LogP contribution in [0.15, 0.2) is 22.5 Å². The summed E-state index contributed by atoms with van der Waals surface area (Å²) in [5.41, 5.74) is 3.48. The Hall–Kier alpha value is -1.58. The van der Waals surface area contributed by atoms with Crippen LogP contribution >= 0.6 is 23.1 Å². The zero-order valence-electron chi connectivity index (χ0n) is 11.7. The molecule has 2 rings (SSSR count). The summed E-state index contributed by atoms with van der Waals surface area (Å²) >= 11 is 3.09. The molecule has 0 fully saturated rings. The third kappa shape index (κ3) is 3.95. The zero-order chi connectivity index (χ0) is 14.5. The van der Waals surface area contributed by atoms with Crippen LogP contribution in [0, 0.1) is 31.1 Å². The molecule has 1 N–H and O–H groups in total. The van der Waals surface area contributed by atoms with Crippen LogP contribution in [0.2, 0.25) is 0 Å². The Morgan fingerprint density at radius 1 is 1.40 bits per heavy atom. The number of benzene rings is 1. The first-order valence-corrected chi connectivity index (χ1v) is 8.09. The monoisotopic (exact) mass is 304 g/mol. The van der Waals surface area contributed by atoms with E-state index in [0.717, 1.165) is 20.9 Å². The smallest absolute Gasteiger partial charge is 0.210 e. The van der Waals surface area contributed by atoms with E-state index >= 15 is 0 Å². The van der Waals surface area contributed by atoms with Gasteiger partial charge in [-0.15, -0.1) is 10.2 Å². The largest absolute Gasteiger partial charge is 0.330 e. The van der Waals surface area contributed by atoms with Crippen LogP contribution in [0.1, 0.15) is 18.1 Å². The molecule has 0 saturated carbocycles. The lowest BCUT2D eigenvalue weighted by atomic mass is 10.1.